The Morgan fingerprint density at radius 3 is 2.83 bits per heavy atom. The number of benzene rings is 1. The molecule has 2 fully saturated rings. The lowest BCUT2D eigenvalue weighted by Crippen LogP contribution is -2.42. The van der Waals surface area contributed by atoms with Gasteiger partial charge in [-0.3, -0.25) is 4.79 Å². The third-order valence-electron chi connectivity index (χ3n) is 4.55. The number of aromatic nitrogens is 1. The molecule has 1 aromatic heterocycles. The van der Waals surface area contributed by atoms with E-state index in [1.165, 1.54) is 18.2 Å². The highest BCUT2D eigenvalue weighted by molar-refractivity contribution is 7.99. The molecule has 0 unspecified atom stereocenters. The van der Waals surface area contributed by atoms with Crippen LogP contribution in [0, 0.1) is 11.3 Å². The van der Waals surface area contributed by atoms with Gasteiger partial charge in [-0.1, -0.05) is 16.9 Å². The number of nitriles is 1. The van der Waals surface area contributed by atoms with Crippen molar-refractivity contribution in [3.05, 3.63) is 41.7 Å². The van der Waals surface area contributed by atoms with Crippen LogP contribution in [0.15, 0.2) is 44.8 Å². The maximum absolute atomic E-state index is 12.4. The third-order valence-corrected chi connectivity index (χ3v) is 5.46. The highest BCUT2D eigenvalue weighted by Gasteiger charge is 2.39. The highest BCUT2D eigenvalue weighted by Crippen LogP contribution is 2.29. The van der Waals surface area contributed by atoms with Gasteiger partial charge < -0.3 is 15.2 Å². The normalized spacial score (nSPS) is 24.7. The van der Waals surface area contributed by atoms with E-state index in [1.807, 2.05) is 30.3 Å². The Balaban J connectivity index is 1.38. The first-order valence-corrected chi connectivity index (χ1v) is 8.74. The molecule has 2 aromatic rings. The third kappa shape index (κ3) is 3.03. The van der Waals surface area contributed by atoms with Gasteiger partial charge >= 0.3 is 0 Å². The van der Waals surface area contributed by atoms with Gasteiger partial charge in [-0.05, 0) is 43.5 Å². The fraction of sp³-hybridized carbons (Fsp3) is 0.353. The quantitative estimate of drug-likeness (QED) is 0.887. The SMILES string of the molecule is N#Cc1cc(Sc2ccc(C(=O)N[C@@H]3C[C@H]4CC[C@@H]3N4)cc2)no1. The van der Waals surface area contributed by atoms with Crippen LogP contribution in [-0.2, 0) is 0 Å². The molecule has 0 spiro atoms. The number of fused-ring (bicyclic) bond motifs is 2. The topological polar surface area (TPSA) is 91.0 Å². The maximum atomic E-state index is 12.4. The van der Waals surface area contributed by atoms with Gasteiger partial charge in [-0.25, -0.2) is 0 Å². The molecule has 3 heterocycles. The summed E-state index contributed by atoms with van der Waals surface area (Å²) in [6.07, 6.45) is 3.39. The van der Waals surface area contributed by atoms with E-state index in [-0.39, 0.29) is 17.7 Å². The van der Waals surface area contributed by atoms with E-state index in [0.29, 0.717) is 22.7 Å². The van der Waals surface area contributed by atoms with Crippen molar-refractivity contribution in [1.29, 1.82) is 5.26 Å². The van der Waals surface area contributed by atoms with Crippen LogP contribution in [0.4, 0.5) is 0 Å². The van der Waals surface area contributed by atoms with Crippen LogP contribution in [-0.4, -0.2) is 29.2 Å². The standard InChI is InChI=1S/C17H16N4O2S/c18-9-12-8-16(21-23-12)24-13-4-1-10(2-5-13)17(22)20-15-7-11-3-6-14(15)19-11/h1-2,4-5,8,11,14-15,19H,3,6-7H2,(H,20,22)/t11-,14+,15-/m1/s1. The lowest BCUT2D eigenvalue weighted by molar-refractivity contribution is 0.0931. The molecule has 1 aromatic carbocycles. The molecule has 2 aliphatic rings. The number of rotatable bonds is 4. The van der Waals surface area contributed by atoms with Crippen LogP contribution >= 0.6 is 11.8 Å². The second-order valence-electron chi connectivity index (χ2n) is 6.13. The second-order valence-corrected chi connectivity index (χ2v) is 7.22. The Morgan fingerprint density at radius 1 is 1.38 bits per heavy atom. The summed E-state index contributed by atoms with van der Waals surface area (Å²) < 4.78 is 4.84. The first-order valence-electron chi connectivity index (χ1n) is 7.93. The first-order chi connectivity index (χ1) is 11.7. The van der Waals surface area contributed by atoms with E-state index >= 15 is 0 Å². The monoisotopic (exact) mass is 340 g/mol. The van der Waals surface area contributed by atoms with Crippen molar-refractivity contribution < 1.29 is 9.32 Å². The van der Waals surface area contributed by atoms with Crippen molar-refractivity contribution in [3.63, 3.8) is 0 Å². The Morgan fingerprint density at radius 2 is 2.21 bits per heavy atom. The van der Waals surface area contributed by atoms with Gasteiger partial charge in [-0.2, -0.15) is 5.26 Å². The largest absolute Gasteiger partial charge is 0.348 e. The number of nitrogens with zero attached hydrogens (tertiary/aromatic N) is 2. The molecule has 7 heteroatoms. The second kappa shape index (κ2) is 6.30. The molecule has 2 bridgehead atoms. The average molecular weight is 340 g/mol. The average Bonchev–Trinajstić information content (AvgIpc) is 3.32. The number of nitrogens with one attached hydrogen (secondary N) is 2. The van der Waals surface area contributed by atoms with Crippen LogP contribution in [0.5, 0.6) is 0 Å². The molecular formula is C17H16N4O2S. The highest BCUT2D eigenvalue weighted by atomic mass is 32.2. The molecule has 2 N–H and O–H groups in total. The summed E-state index contributed by atoms with van der Waals surface area (Å²) in [5.74, 6) is 0.159. The summed E-state index contributed by atoms with van der Waals surface area (Å²) in [5, 5.41) is 19.8. The van der Waals surface area contributed by atoms with E-state index in [1.54, 1.807) is 6.07 Å². The molecule has 122 valence electrons. The van der Waals surface area contributed by atoms with E-state index in [4.69, 9.17) is 9.78 Å². The molecule has 6 nitrogen and oxygen atoms in total. The number of carbonyl (C=O) groups is 1. The van der Waals surface area contributed by atoms with Gasteiger partial charge in [0.25, 0.3) is 5.91 Å². The molecule has 1 amide bonds. The van der Waals surface area contributed by atoms with Gasteiger partial charge in [0, 0.05) is 34.7 Å². The summed E-state index contributed by atoms with van der Waals surface area (Å²) in [6, 6.07) is 12.1. The molecule has 0 saturated carbocycles. The van der Waals surface area contributed by atoms with E-state index in [0.717, 1.165) is 17.7 Å². The molecule has 2 saturated heterocycles. The Labute approximate surface area is 143 Å². The molecule has 2 aliphatic heterocycles. The molecule has 0 aliphatic carbocycles. The maximum Gasteiger partial charge on any atom is 0.251 e. The summed E-state index contributed by atoms with van der Waals surface area (Å²) >= 11 is 1.39. The smallest absolute Gasteiger partial charge is 0.251 e. The molecule has 3 atom stereocenters. The minimum absolute atomic E-state index is 0.0286. The van der Waals surface area contributed by atoms with Crippen molar-refractivity contribution in [2.75, 3.05) is 0 Å². The zero-order chi connectivity index (χ0) is 16.5. The van der Waals surface area contributed by atoms with E-state index in [9.17, 15) is 4.79 Å². The number of hydrogen-bond acceptors (Lipinski definition) is 6. The lowest BCUT2D eigenvalue weighted by Gasteiger charge is -2.21. The van der Waals surface area contributed by atoms with Crippen LogP contribution in [0.1, 0.15) is 35.4 Å². The minimum atomic E-state index is -0.0286. The Bertz CT molecular complexity index is 796. The Kier molecular flexibility index (Phi) is 4.00. The van der Waals surface area contributed by atoms with Gasteiger partial charge in [-0.15, -0.1) is 0 Å². The fourth-order valence-corrected chi connectivity index (χ4v) is 4.14. The van der Waals surface area contributed by atoms with Crippen molar-refractivity contribution in [2.24, 2.45) is 0 Å². The zero-order valence-corrected chi connectivity index (χ0v) is 13.7. The van der Waals surface area contributed by atoms with Crippen LogP contribution in [0.3, 0.4) is 0 Å². The minimum Gasteiger partial charge on any atom is -0.348 e. The van der Waals surface area contributed by atoms with E-state index in [2.05, 4.69) is 15.8 Å². The van der Waals surface area contributed by atoms with Gasteiger partial charge in [0.15, 0.2) is 0 Å². The van der Waals surface area contributed by atoms with Crippen molar-refractivity contribution in [3.8, 4) is 6.07 Å². The predicted molar refractivity (Wildman–Crippen MR) is 87.6 cm³/mol. The predicted octanol–water partition coefficient (Wildman–Crippen LogP) is 2.32. The first kappa shape index (κ1) is 15.2. The molecule has 0 radical (unpaired) electrons. The summed E-state index contributed by atoms with van der Waals surface area (Å²) in [7, 11) is 0. The molecule has 24 heavy (non-hydrogen) atoms. The summed E-state index contributed by atoms with van der Waals surface area (Å²) in [6.45, 7) is 0. The molecular weight excluding hydrogens is 324 g/mol. The lowest BCUT2D eigenvalue weighted by atomic mass is 9.95. The number of amides is 1. The van der Waals surface area contributed by atoms with Crippen molar-refractivity contribution in [2.45, 2.75) is 47.3 Å². The van der Waals surface area contributed by atoms with Crippen molar-refractivity contribution in [1.82, 2.24) is 15.8 Å². The zero-order valence-electron chi connectivity index (χ0n) is 12.9. The van der Waals surface area contributed by atoms with Gasteiger partial charge in [0.1, 0.15) is 11.1 Å². The Hall–Kier alpha value is -2.30. The summed E-state index contributed by atoms with van der Waals surface area (Å²) in [5.41, 5.74) is 0.653. The number of carbonyl (C=O) groups excluding carboxylic acids is 1. The fourth-order valence-electron chi connectivity index (χ4n) is 3.39. The molecule has 4 rings (SSSR count). The van der Waals surface area contributed by atoms with Crippen LogP contribution in [0.25, 0.3) is 0 Å². The summed E-state index contributed by atoms with van der Waals surface area (Å²) in [4.78, 5) is 13.3. The van der Waals surface area contributed by atoms with Gasteiger partial charge in [0.2, 0.25) is 5.76 Å². The van der Waals surface area contributed by atoms with E-state index < -0.39 is 0 Å². The van der Waals surface area contributed by atoms with Crippen molar-refractivity contribution >= 4 is 17.7 Å². The van der Waals surface area contributed by atoms with Crippen LogP contribution in [0.2, 0.25) is 0 Å². The van der Waals surface area contributed by atoms with Gasteiger partial charge in [0.05, 0.1) is 0 Å². The number of hydrogen-bond donors (Lipinski definition) is 2. The van der Waals surface area contributed by atoms with Crippen LogP contribution < -0.4 is 10.6 Å².